The number of rotatable bonds is 7. The monoisotopic (exact) mass is 425 g/mol. The topological polar surface area (TPSA) is 31.4 Å². The van der Waals surface area contributed by atoms with Crippen molar-refractivity contribution in [2.75, 3.05) is 7.11 Å². The molecule has 0 saturated heterocycles. The molecule has 5 heteroatoms. The van der Waals surface area contributed by atoms with E-state index in [0.29, 0.717) is 28.5 Å². The summed E-state index contributed by atoms with van der Waals surface area (Å²) in [6, 6.07) is 14.8. The molecule has 1 aromatic heterocycles. The summed E-state index contributed by atoms with van der Waals surface area (Å²) in [4.78, 5) is 4.09. The van der Waals surface area contributed by atoms with Crippen LogP contribution in [-0.4, -0.2) is 18.2 Å². The van der Waals surface area contributed by atoms with E-state index in [2.05, 4.69) is 4.98 Å². The highest BCUT2D eigenvalue weighted by atomic mass is 35.5. The summed E-state index contributed by atoms with van der Waals surface area (Å²) in [5, 5.41) is 0.655. The third kappa shape index (κ3) is 4.76. The predicted octanol–water partition coefficient (Wildman–Crippen LogP) is 6.58. The van der Waals surface area contributed by atoms with Gasteiger partial charge in [0.05, 0.1) is 13.2 Å². The predicted molar refractivity (Wildman–Crippen MR) is 117 cm³/mol. The lowest BCUT2D eigenvalue weighted by Crippen LogP contribution is -2.13. The van der Waals surface area contributed by atoms with Gasteiger partial charge in [-0.2, -0.15) is 0 Å². The minimum atomic E-state index is -0.306. The molecule has 1 unspecified atom stereocenters. The number of aromatic nitrogens is 1. The number of hydrogen-bond donors (Lipinski definition) is 0. The van der Waals surface area contributed by atoms with Crippen molar-refractivity contribution in [1.82, 2.24) is 4.98 Å². The van der Waals surface area contributed by atoms with Crippen LogP contribution in [0.5, 0.6) is 11.5 Å². The van der Waals surface area contributed by atoms with Crippen molar-refractivity contribution in [3.63, 3.8) is 0 Å². The number of ether oxygens (including phenoxy) is 2. The number of pyridine rings is 1. The van der Waals surface area contributed by atoms with E-state index >= 15 is 4.39 Å². The second-order valence-corrected chi connectivity index (χ2v) is 8.15. The molecule has 1 atom stereocenters. The minimum Gasteiger partial charge on any atom is -0.493 e. The second kappa shape index (κ2) is 9.48. The summed E-state index contributed by atoms with van der Waals surface area (Å²) in [5.41, 5.74) is 2.66. The Morgan fingerprint density at radius 2 is 1.73 bits per heavy atom. The van der Waals surface area contributed by atoms with Crippen molar-refractivity contribution in [2.45, 2.75) is 44.1 Å². The molecule has 1 aliphatic carbocycles. The first kappa shape index (κ1) is 20.7. The molecular formula is C25H25ClFNO2. The molecule has 0 aliphatic heterocycles. The van der Waals surface area contributed by atoms with Crippen molar-refractivity contribution in [3.8, 4) is 11.5 Å². The Hall–Kier alpha value is -2.59. The SMILES string of the molecule is COc1cc(F)c(C(Cc2ccncc2)c2ccc(Cl)cc2)cc1OC1CCCC1. The van der Waals surface area contributed by atoms with Crippen LogP contribution in [0.3, 0.4) is 0 Å². The van der Waals surface area contributed by atoms with Crippen molar-refractivity contribution in [1.29, 1.82) is 0 Å². The standard InChI is InChI=1S/C25H25ClFNO2/c1-29-24-16-23(27)22(15-25(24)30-20-4-2-3-5-20)21(14-17-10-12-28-13-11-17)18-6-8-19(26)9-7-18/h6-13,15-16,20-21H,2-5,14H2,1H3. The zero-order valence-corrected chi connectivity index (χ0v) is 17.7. The second-order valence-electron chi connectivity index (χ2n) is 7.71. The van der Waals surface area contributed by atoms with Gasteiger partial charge >= 0.3 is 0 Å². The van der Waals surface area contributed by atoms with Gasteiger partial charge in [-0.05, 0) is 79.1 Å². The Morgan fingerprint density at radius 3 is 2.40 bits per heavy atom. The van der Waals surface area contributed by atoms with E-state index in [4.69, 9.17) is 21.1 Å². The molecule has 3 nitrogen and oxygen atoms in total. The summed E-state index contributed by atoms with van der Waals surface area (Å²) in [6.07, 6.45) is 8.68. The van der Waals surface area contributed by atoms with Gasteiger partial charge in [-0.25, -0.2) is 4.39 Å². The van der Waals surface area contributed by atoms with Gasteiger partial charge in [0.25, 0.3) is 0 Å². The van der Waals surface area contributed by atoms with Gasteiger partial charge in [0, 0.05) is 29.4 Å². The van der Waals surface area contributed by atoms with E-state index in [0.717, 1.165) is 36.8 Å². The van der Waals surface area contributed by atoms with E-state index < -0.39 is 0 Å². The lowest BCUT2D eigenvalue weighted by atomic mass is 9.85. The van der Waals surface area contributed by atoms with Gasteiger partial charge in [0.2, 0.25) is 0 Å². The van der Waals surface area contributed by atoms with Crippen LogP contribution in [-0.2, 0) is 6.42 Å². The molecule has 1 heterocycles. The molecule has 3 aromatic rings. The van der Waals surface area contributed by atoms with Gasteiger partial charge in [-0.15, -0.1) is 0 Å². The summed E-state index contributed by atoms with van der Waals surface area (Å²) >= 11 is 6.09. The number of hydrogen-bond acceptors (Lipinski definition) is 3. The Morgan fingerprint density at radius 1 is 1.03 bits per heavy atom. The van der Waals surface area contributed by atoms with Crippen LogP contribution in [0.1, 0.15) is 48.3 Å². The molecule has 1 saturated carbocycles. The fourth-order valence-corrected chi connectivity index (χ4v) is 4.24. The molecule has 30 heavy (non-hydrogen) atoms. The molecule has 1 fully saturated rings. The zero-order chi connectivity index (χ0) is 20.9. The Kier molecular flexibility index (Phi) is 6.53. The van der Waals surface area contributed by atoms with E-state index in [1.165, 1.54) is 6.07 Å². The summed E-state index contributed by atoms with van der Waals surface area (Å²) < 4.78 is 26.9. The first-order valence-electron chi connectivity index (χ1n) is 10.3. The molecule has 1 aliphatic rings. The molecule has 0 radical (unpaired) electrons. The molecule has 0 N–H and O–H groups in total. The number of benzene rings is 2. The van der Waals surface area contributed by atoms with E-state index in [1.54, 1.807) is 19.5 Å². The van der Waals surface area contributed by atoms with Crippen LogP contribution in [0, 0.1) is 5.82 Å². The summed E-state index contributed by atoms with van der Waals surface area (Å²) in [5.74, 6) is 0.539. The number of nitrogens with zero attached hydrogens (tertiary/aromatic N) is 1. The zero-order valence-electron chi connectivity index (χ0n) is 17.0. The summed E-state index contributed by atoms with van der Waals surface area (Å²) in [7, 11) is 1.55. The fraction of sp³-hybridized carbons (Fsp3) is 0.320. The molecule has 4 rings (SSSR count). The maximum Gasteiger partial charge on any atom is 0.163 e. The maximum absolute atomic E-state index is 15.3. The minimum absolute atomic E-state index is 0.159. The average molecular weight is 426 g/mol. The van der Waals surface area contributed by atoms with Crippen LogP contribution in [0.15, 0.2) is 60.9 Å². The molecular weight excluding hydrogens is 401 g/mol. The van der Waals surface area contributed by atoms with Gasteiger partial charge in [0.1, 0.15) is 5.82 Å². The van der Waals surface area contributed by atoms with Gasteiger partial charge in [0.15, 0.2) is 11.5 Å². The molecule has 2 aromatic carbocycles. The Balaban J connectivity index is 1.75. The highest BCUT2D eigenvalue weighted by Crippen LogP contribution is 2.39. The smallest absolute Gasteiger partial charge is 0.163 e. The first-order valence-corrected chi connectivity index (χ1v) is 10.7. The lowest BCUT2D eigenvalue weighted by Gasteiger charge is -2.22. The van der Waals surface area contributed by atoms with Crippen LogP contribution in [0.2, 0.25) is 5.02 Å². The van der Waals surface area contributed by atoms with Crippen LogP contribution >= 0.6 is 11.6 Å². The van der Waals surface area contributed by atoms with E-state index in [9.17, 15) is 0 Å². The highest BCUT2D eigenvalue weighted by Gasteiger charge is 2.24. The summed E-state index contributed by atoms with van der Waals surface area (Å²) in [6.45, 7) is 0. The number of halogens is 2. The van der Waals surface area contributed by atoms with Crippen LogP contribution in [0.25, 0.3) is 0 Å². The van der Waals surface area contributed by atoms with Crippen molar-refractivity contribution in [2.24, 2.45) is 0 Å². The van der Waals surface area contributed by atoms with E-state index in [1.807, 2.05) is 42.5 Å². The molecule has 0 amide bonds. The molecule has 0 bridgehead atoms. The third-order valence-electron chi connectivity index (χ3n) is 5.72. The van der Waals surface area contributed by atoms with Crippen molar-refractivity contribution in [3.05, 3.63) is 88.5 Å². The Labute approximate surface area is 181 Å². The quantitative estimate of drug-likeness (QED) is 0.428. The number of methoxy groups -OCH3 is 1. The lowest BCUT2D eigenvalue weighted by molar-refractivity contribution is 0.200. The normalized spacial score (nSPS) is 15.2. The maximum atomic E-state index is 15.3. The van der Waals surface area contributed by atoms with Crippen LogP contribution < -0.4 is 9.47 Å². The van der Waals surface area contributed by atoms with Gasteiger partial charge in [-0.3, -0.25) is 4.98 Å². The van der Waals surface area contributed by atoms with Crippen molar-refractivity contribution < 1.29 is 13.9 Å². The first-order chi connectivity index (χ1) is 14.6. The van der Waals surface area contributed by atoms with Gasteiger partial charge < -0.3 is 9.47 Å². The van der Waals surface area contributed by atoms with E-state index in [-0.39, 0.29) is 17.8 Å². The van der Waals surface area contributed by atoms with Crippen LogP contribution in [0.4, 0.5) is 4.39 Å². The largest absolute Gasteiger partial charge is 0.493 e. The molecule has 156 valence electrons. The fourth-order valence-electron chi connectivity index (χ4n) is 4.11. The third-order valence-corrected chi connectivity index (χ3v) is 5.97. The van der Waals surface area contributed by atoms with Gasteiger partial charge in [-0.1, -0.05) is 23.7 Å². The average Bonchev–Trinajstić information content (AvgIpc) is 3.28. The van der Waals surface area contributed by atoms with Crippen molar-refractivity contribution >= 4 is 11.6 Å². The highest BCUT2D eigenvalue weighted by molar-refractivity contribution is 6.30. The molecule has 0 spiro atoms. The Bertz CT molecular complexity index is 972.